The Hall–Kier alpha value is -2.42. The Morgan fingerprint density at radius 3 is 2.34 bits per heavy atom. The highest BCUT2D eigenvalue weighted by Gasteiger charge is 2.17. The first kappa shape index (κ1) is 21.3. The maximum atomic E-state index is 12.6. The molecule has 0 saturated carbocycles. The summed E-state index contributed by atoms with van der Waals surface area (Å²) in [5.74, 6) is -0.196. The molecule has 0 aliphatic heterocycles. The number of thioether (sulfide) groups is 1. The van der Waals surface area contributed by atoms with Crippen LogP contribution in [0, 0.1) is 20.8 Å². The summed E-state index contributed by atoms with van der Waals surface area (Å²) in [5, 5.41) is 9.40. The van der Waals surface area contributed by atoms with Crippen molar-refractivity contribution in [2.45, 2.75) is 42.9 Å². The van der Waals surface area contributed by atoms with Crippen LogP contribution in [0.15, 0.2) is 52.4 Å². The molecule has 29 heavy (non-hydrogen) atoms. The average Bonchev–Trinajstić information content (AvgIpc) is 2.62. The summed E-state index contributed by atoms with van der Waals surface area (Å²) in [6.45, 7) is 7.96. The monoisotopic (exact) mass is 429 g/mol. The number of nitrogens with zero attached hydrogens (tertiary/aromatic N) is 1. The predicted molar refractivity (Wildman–Crippen MR) is 118 cm³/mol. The highest BCUT2D eigenvalue weighted by atomic mass is 32.2. The Morgan fingerprint density at radius 1 is 1.07 bits per heavy atom. The van der Waals surface area contributed by atoms with E-state index in [1.807, 2.05) is 26.8 Å². The van der Waals surface area contributed by atoms with Gasteiger partial charge in [0.1, 0.15) is 0 Å². The number of pyridine rings is 1. The van der Waals surface area contributed by atoms with Gasteiger partial charge in [0.2, 0.25) is 15.9 Å². The molecule has 0 bridgehead atoms. The summed E-state index contributed by atoms with van der Waals surface area (Å²) < 4.78 is 22.6. The highest BCUT2D eigenvalue weighted by molar-refractivity contribution is 8.00. The summed E-state index contributed by atoms with van der Waals surface area (Å²) in [6, 6.07) is 12.0. The SMILES string of the molecule is Cc1cc(C)c2nc(SC(C)C(=O)Nc3ccc(S(N)(=O)=O)cc3)cc(C)c2c1. The second-order valence-electron chi connectivity index (χ2n) is 7.07. The smallest absolute Gasteiger partial charge is 0.238 e. The Labute approximate surface area is 175 Å². The molecule has 3 N–H and O–H groups in total. The van der Waals surface area contributed by atoms with Crippen molar-refractivity contribution in [3.8, 4) is 0 Å². The number of nitrogens with two attached hydrogens (primary N) is 1. The number of hydrogen-bond acceptors (Lipinski definition) is 5. The third-order valence-electron chi connectivity index (χ3n) is 4.55. The van der Waals surface area contributed by atoms with Crippen LogP contribution in [-0.4, -0.2) is 24.6 Å². The van der Waals surface area contributed by atoms with Gasteiger partial charge in [0, 0.05) is 11.1 Å². The van der Waals surface area contributed by atoms with E-state index in [1.54, 1.807) is 0 Å². The molecule has 0 spiro atoms. The number of hydrogen-bond donors (Lipinski definition) is 2. The zero-order valence-corrected chi connectivity index (χ0v) is 18.3. The van der Waals surface area contributed by atoms with Gasteiger partial charge >= 0.3 is 0 Å². The Kier molecular flexibility index (Phi) is 5.97. The zero-order chi connectivity index (χ0) is 21.3. The lowest BCUT2D eigenvalue weighted by Gasteiger charge is -2.14. The quantitative estimate of drug-likeness (QED) is 0.598. The van der Waals surface area contributed by atoms with Crippen molar-refractivity contribution in [2.24, 2.45) is 5.14 Å². The predicted octanol–water partition coefficient (Wildman–Crippen LogP) is 3.93. The molecule has 152 valence electrons. The molecule has 3 rings (SSSR count). The first-order valence-corrected chi connectivity index (χ1v) is 11.5. The largest absolute Gasteiger partial charge is 0.325 e. The molecule has 0 saturated heterocycles. The van der Waals surface area contributed by atoms with E-state index in [0.29, 0.717) is 5.69 Å². The second-order valence-corrected chi connectivity index (χ2v) is 10.00. The third-order valence-corrected chi connectivity index (χ3v) is 6.50. The number of sulfonamides is 1. The van der Waals surface area contributed by atoms with Crippen LogP contribution in [0.25, 0.3) is 10.9 Å². The number of aromatic nitrogens is 1. The van der Waals surface area contributed by atoms with E-state index in [9.17, 15) is 13.2 Å². The van der Waals surface area contributed by atoms with Crippen molar-refractivity contribution in [2.75, 3.05) is 5.32 Å². The van der Waals surface area contributed by atoms with Crippen molar-refractivity contribution in [3.05, 3.63) is 59.2 Å². The standard InChI is InChI=1S/C21H23N3O3S2/c1-12-9-14(3)20-18(10-12)13(2)11-19(24-20)28-15(4)21(25)23-16-5-7-17(8-6-16)29(22,26)27/h5-11,15H,1-4H3,(H,23,25)(H2,22,26,27). The Bertz CT molecular complexity index is 1190. The van der Waals surface area contributed by atoms with Gasteiger partial charge in [-0.1, -0.05) is 23.4 Å². The number of aryl methyl sites for hydroxylation is 3. The normalized spacial score (nSPS) is 12.7. The molecular formula is C21H23N3O3S2. The number of nitrogens with one attached hydrogen (secondary N) is 1. The minimum Gasteiger partial charge on any atom is -0.325 e. The molecule has 0 aliphatic rings. The highest BCUT2D eigenvalue weighted by Crippen LogP contribution is 2.29. The minimum atomic E-state index is -3.76. The molecule has 1 amide bonds. The van der Waals surface area contributed by atoms with Crippen molar-refractivity contribution in [3.63, 3.8) is 0 Å². The molecule has 0 radical (unpaired) electrons. The van der Waals surface area contributed by atoms with E-state index in [-0.39, 0.29) is 16.1 Å². The summed E-state index contributed by atoms with van der Waals surface area (Å²) in [5.41, 5.74) is 4.88. The van der Waals surface area contributed by atoms with Crippen molar-refractivity contribution in [1.29, 1.82) is 0 Å². The summed E-state index contributed by atoms with van der Waals surface area (Å²) >= 11 is 1.38. The van der Waals surface area contributed by atoms with Crippen LogP contribution in [0.5, 0.6) is 0 Å². The summed E-state index contributed by atoms with van der Waals surface area (Å²) in [6.07, 6.45) is 0. The molecular weight excluding hydrogens is 406 g/mol. The van der Waals surface area contributed by atoms with Crippen LogP contribution in [0.4, 0.5) is 5.69 Å². The first-order valence-electron chi connectivity index (χ1n) is 9.03. The molecule has 1 heterocycles. The van der Waals surface area contributed by atoms with Gasteiger partial charge in [0.25, 0.3) is 0 Å². The Balaban J connectivity index is 1.76. The molecule has 1 aromatic heterocycles. The lowest BCUT2D eigenvalue weighted by Crippen LogP contribution is -2.22. The number of carbonyl (C=O) groups excluding carboxylic acids is 1. The summed E-state index contributed by atoms with van der Waals surface area (Å²) in [7, 11) is -3.76. The number of amides is 1. The van der Waals surface area contributed by atoms with Gasteiger partial charge < -0.3 is 5.32 Å². The fourth-order valence-electron chi connectivity index (χ4n) is 3.08. The van der Waals surface area contributed by atoms with E-state index in [0.717, 1.165) is 27.1 Å². The molecule has 1 atom stereocenters. The number of carbonyl (C=O) groups is 1. The van der Waals surface area contributed by atoms with Crippen molar-refractivity contribution in [1.82, 2.24) is 4.98 Å². The topological polar surface area (TPSA) is 102 Å². The van der Waals surface area contributed by atoms with Gasteiger partial charge in [0.05, 0.1) is 20.7 Å². The molecule has 3 aromatic rings. The van der Waals surface area contributed by atoms with Crippen molar-refractivity contribution >= 4 is 44.3 Å². The van der Waals surface area contributed by atoms with Gasteiger partial charge in [-0.3, -0.25) is 4.79 Å². The van der Waals surface area contributed by atoms with Crippen LogP contribution in [0.2, 0.25) is 0 Å². The van der Waals surface area contributed by atoms with E-state index in [2.05, 4.69) is 24.4 Å². The van der Waals surface area contributed by atoms with Crippen LogP contribution >= 0.6 is 11.8 Å². The average molecular weight is 430 g/mol. The number of rotatable bonds is 5. The van der Waals surface area contributed by atoms with Gasteiger partial charge in [-0.25, -0.2) is 18.5 Å². The number of fused-ring (bicyclic) bond motifs is 1. The molecule has 8 heteroatoms. The van der Waals surface area contributed by atoms with E-state index < -0.39 is 10.0 Å². The van der Waals surface area contributed by atoms with E-state index in [1.165, 1.54) is 41.6 Å². The van der Waals surface area contributed by atoms with Crippen LogP contribution < -0.4 is 10.5 Å². The first-order chi connectivity index (χ1) is 13.5. The molecule has 0 fully saturated rings. The molecule has 6 nitrogen and oxygen atoms in total. The molecule has 0 aliphatic carbocycles. The lowest BCUT2D eigenvalue weighted by molar-refractivity contribution is -0.115. The van der Waals surface area contributed by atoms with Crippen LogP contribution in [0.3, 0.4) is 0 Å². The Morgan fingerprint density at radius 2 is 1.72 bits per heavy atom. The van der Waals surface area contributed by atoms with Gasteiger partial charge in [-0.15, -0.1) is 0 Å². The maximum absolute atomic E-state index is 12.6. The van der Waals surface area contributed by atoms with Crippen LogP contribution in [0.1, 0.15) is 23.6 Å². The van der Waals surface area contributed by atoms with Gasteiger partial charge in [-0.05, 0) is 75.2 Å². The molecule has 1 unspecified atom stereocenters. The number of benzene rings is 2. The number of primary sulfonamides is 1. The second kappa shape index (κ2) is 8.14. The maximum Gasteiger partial charge on any atom is 0.238 e. The molecule has 2 aromatic carbocycles. The fourth-order valence-corrected chi connectivity index (χ4v) is 4.51. The van der Waals surface area contributed by atoms with Gasteiger partial charge in [0.15, 0.2) is 0 Å². The summed E-state index contributed by atoms with van der Waals surface area (Å²) in [4.78, 5) is 17.3. The van der Waals surface area contributed by atoms with E-state index >= 15 is 0 Å². The van der Waals surface area contributed by atoms with Gasteiger partial charge in [-0.2, -0.15) is 0 Å². The lowest BCUT2D eigenvalue weighted by atomic mass is 10.0. The van der Waals surface area contributed by atoms with Crippen LogP contribution in [-0.2, 0) is 14.8 Å². The fraction of sp³-hybridized carbons (Fsp3) is 0.238. The van der Waals surface area contributed by atoms with E-state index in [4.69, 9.17) is 10.1 Å². The van der Waals surface area contributed by atoms with Crippen molar-refractivity contribution < 1.29 is 13.2 Å². The number of anilines is 1. The third kappa shape index (κ3) is 4.95. The zero-order valence-electron chi connectivity index (χ0n) is 16.7. The minimum absolute atomic E-state index is 0.000585.